The Morgan fingerprint density at radius 1 is 1.00 bits per heavy atom. The number of hydrogen-bond donors (Lipinski definition) is 2. The van der Waals surface area contributed by atoms with Crippen LogP contribution >= 0.6 is 0 Å². The Morgan fingerprint density at radius 3 is 2.17 bits per heavy atom. The normalized spacial score (nSPS) is 23.1. The number of carbonyl (C=O) groups excluding carboxylic acids is 2. The number of hydrogen-bond acceptors (Lipinski definition) is 4. The summed E-state index contributed by atoms with van der Waals surface area (Å²) in [7, 11) is 0. The van der Waals surface area contributed by atoms with E-state index >= 15 is 0 Å². The lowest BCUT2D eigenvalue weighted by atomic mass is 9.88. The number of fused-ring (bicyclic) bond motifs is 3. The third kappa shape index (κ3) is 4.28. The largest absolute Gasteiger partial charge is 0.480 e. The molecule has 3 atom stereocenters. The molecule has 1 heterocycles. The maximum atomic E-state index is 13.7. The summed E-state index contributed by atoms with van der Waals surface area (Å²) in [5, 5.41) is 12.6. The van der Waals surface area contributed by atoms with Crippen LogP contribution in [0.2, 0.25) is 0 Å². The lowest BCUT2D eigenvalue weighted by Crippen LogP contribution is -2.63. The standard InChI is InChI=1S/C28H32N2O5/c1-17-11-14-24(25(31)32)30(15-17)26(33)28(2,18-12-13-18)29-27(34)35-16-23-21-9-5-3-7-19(21)20-8-4-6-10-22(20)23/h3-10,17-18,23-24H,11-16H2,1-2H3,(H,29,34)(H,31,32). The first-order valence-corrected chi connectivity index (χ1v) is 12.5. The number of benzene rings is 2. The second-order valence-corrected chi connectivity index (χ2v) is 10.4. The van der Waals surface area contributed by atoms with Crippen LogP contribution in [0.25, 0.3) is 11.1 Å². The van der Waals surface area contributed by atoms with E-state index in [2.05, 4.69) is 29.6 Å². The highest BCUT2D eigenvalue weighted by Crippen LogP contribution is 2.45. The molecule has 7 heteroatoms. The molecule has 5 rings (SSSR count). The lowest BCUT2D eigenvalue weighted by molar-refractivity contribution is -0.156. The van der Waals surface area contributed by atoms with Gasteiger partial charge in [-0.15, -0.1) is 0 Å². The van der Waals surface area contributed by atoms with Crippen LogP contribution in [0.1, 0.15) is 56.6 Å². The quantitative estimate of drug-likeness (QED) is 0.644. The van der Waals surface area contributed by atoms with E-state index in [1.165, 1.54) is 4.90 Å². The van der Waals surface area contributed by atoms with E-state index in [1.807, 2.05) is 31.2 Å². The van der Waals surface area contributed by atoms with Gasteiger partial charge in [0.25, 0.3) is 0 Å². The fourth-order valence-corrected chi connectivity index (χ4v) is 5.77. The van der Waals surface area contributed by atoms with E-state index in [0.29, 0.717) is 13.0 Å². The summed E-state index contributed by atoms with van der Waals surface area (Å²) in [4.78, 5) is 40.0. The molecular weight excluding hydrogens is 444 g/mol. The Bertz CT molecular complexity index is 1110. The number of carboxylic acids is 1. The molecule has 1 saturated heterocycles. The third-order valence-electron chi connectivity index (χ3n) is 7.91. The number of nitrogens with zero attached hydrogens (tertiary/aromatic N) is 1. The zero-order chi connectivity index (χ0) is 24.7. The van der Waals surface area contributed by atoms with Gasteiger partial charge in [0.1, 0.15) is 18.2 Å². The Balaban J connectivity index is 1.31. The van der Waals surface area contributed by atoms with Gasteiger partial charge >= 0.3 is 12.1 Å². The van der Waals surface area contributed by atoms with Gasteiger partial charge < -0.3 is 20.1 Å². The molecule has 2 aliphatic carbocycles. The molecule has 2 amide bonds. The molecule has 2 aromatic carbocycles. The van der Waals surface area contributed by atoms with Gasteiger partial charge in [-0.25, -0.2) is 9.59 Å². The fraction of sp³-hybridized carbons (Fsp3) is 0.464. The van der Waals surface area contributed by atoms with E-state index in [4.69, 9.17) is 4.74 Å². The van der Waals surface area contributed by atoms with Crippen molar-refractivity contribution in [3.63, 3.8) is 0 Å². The number of likely N-dealkylation sites (tertiary alicyclic amines) is 1. The molecule has 3 unspecified atom stereocenters. The van der Waals surface area contributed by atoms with Crippen LogP contribution in [0.3, 0.4) is 0 Å². The number of ether oxygens (including phenoxy) is 1. The fourth-order valence-electron chi connectivity index (χ4n) is 5.77. The first-order valence-electron chi connectivity index (χ1n) is 12.5. The maximum Gasteiger partial charge on any atom is 0.408 e. The molecule has 2 N–H and O–H groups in total. The molecule has 2 aromatic rings. The van der Waals surface area contributed by atoms with E-state index in [-0.39, 0.29) is 30.3 Å². The zero-order valence-corrected chi connectivity index (χ0v) is 20.2. The second kappa shape index (κ2) is 9.02. The number of piperidine rings is 1. The minimum atomic E-state index is -1.19. The SMILES string of the molecule is CC1CCC(C(=O)O)N(C(=O)C(C)(NC(=O)OCC2c3ccccc3-c3ccccc32)C2CC2)C1. The lowest BCUT2D eigenvalue weighted by Gasteiger charge is -2.42. The summed E-state index contributed by atoms with van der Waals surface area (Å²) in [5.74, 6) is -1.21. The van der Waals surface area contributed by atoms with Crippen LogP contribution in [0.4, 0.5) is 4.79 Å². The van der Waals surface area contributed by atoms with Crippen LogP contribution in [-0.4, -0.2) is 52.7 Å². The summed E-state index contributed by atoms with van der Waals surface area (Å²) >= 11 is 0. The number of carboxylic acid groups (broad SMARTS) is 1. The van der Waals surface area contributed by atoms with Crippen molar-refractivity contribution in [2.24, 2.45) is 11.8 Å². The summed E-state index contributed by atoms with van der Waals surface area (Å²) in [6.45, 7) is 4.27. The highest BCUT2D eigenvalue weighted by molar-refractivity contribution is 5.93. The Hall–Kier alpha value is -3.35. The number of rotatable bonds is 6. The van der Waals surface area contributed by atoms with E-state index < -0.39 is 23.6 Å². The number of amides is 2. The first kappa shape index (κ1) is 23.4. The average molecular weight is 477 g/mol. The van der Waals surface area contributed by atoms with Crippen LogP contribution in [0, 0.1) is 11.8 Å². The minimum absolute atomic E-state index is 0.0258. The number of nitrogens with one attached hydrogen (secondary N) is 1. The van der Waals surface area contributed by atoms with Gasteiger partial charge in [0.15, 0.2) is 0 Å². The molecule has 3 aliphatic rings. The number of alkyl carbamates (subject to hydrolysis) is 1. The van der Waals surface area contributed by atoms with Crippen molar-refractivity contribution in [3.8, 4) is 11.1 Å². The highest BCUT2D eigenvalue weighted by atomic mass is 16.5. The molecule has 0 spiro atoms. The summed E-state index contributed by atoms with van der Waals surface area (Å²) in [6, 6.07) is 15.4. The van der Waals surface area contributed by atoms with Crippen LogP contribution in [0.5, 0.6) is 0 Å². The summed E-state index contributed by atoms with van der Waals surface area (Å²) in [5.41, 5.74) is 3.35. The highest BCUT2D eigenvalue weighted by Gasteiger charge is 2.52. The average Bonchev–Trinajstić information content (AvgIpc) is 3.66. The van der Waals surface area contributed by atoms with Gasteiger partial charge in [0.2, 0.25) is 5.91 Å². The van der Waals surface area contributed by atoms with Crippen molar-refractivity contribution in [2.45, 2.75) is 57.0 Å². The van der Waals surface area contributed by atoms with Gasteiger partial charge in [0.05, 0.1) is 0 Å². The van der Waals surface area contributed by atoms with Gasteiger partial charge in [-0.3, -0.25) is 4.79 Å². The molecule has 7 nitrogen and oxygen atoms in total. The molecule has 1 saturated carbocycles. The number of carbonyl (C=O) groups is 3. The second-order valence-electron chi connectivity index (χ2n) is 10.4. The summed E-state index contributed by atoms with van der Waals surface area (Å²) in [6.07, 6.45) is 2.17. The molecule has 0 aromatic heterocycles. The predicted molar refractivity (Wildman–Crippen MR) is 131 cm³/mol. The van der Waals surface area contributed by atoms with E-state index in [9.17, 15) is 19.5 Å². The smallest absolute Gasteiger partial charge is 0.408 e. The predicted octanol–water partition coefficient (Wildman–Crippen LogP) is 4.41. The Labute approximate surface area is 205 Å². The van der Waals surface area contributed by atoms with Gasteiger partial charge in [-0.2, -0.15) is 0 Å². The first-order chi connectivity index (χ1) is 16.8. The Kier molecular flexibility index (Phi) is 6.03. The van der Waals surface area contributed by atoms with Gasteiger partial charge in [-0.1, -0.05) is 55.5 Å². The van der Waals surface area contributed by atoms with Crippen molar-refractivity contribution < 1.29 is 24.2 Å². The van der Waals surface area contributed by atoms with Crippen LogP contribution in [-0.2, 0) is 14.3 Å². The van der Waals surface area contributed by atoms with Crippen LogP contribution in [0.15, 0.2) is 48.5 Å². The van der Waals surface area contributed by atoms with Crippen molar-refractivity contribution in [3.05, 3.63) is 59.7 Å². The molecular formula is C28H32N2O5. The molecule has 2 fully saturated rings. The van der Waals surface area contributed by atoms with Crippen molar-refractivity contribution >= 4 is 18.0 Å². The summed E-state index contributed by atoms with van der Waals surface area (Å²) < 4.78 is 5.71. The maximum absolute atomic E-state index is 13.7. The topological polar surface area (TPSA) is 95.9 Å². The van der Waals surface area contributed by atoms with E-state index in [0.717, 1.165) is 41.5 Å². The van der Waals surface area contributed by atoms with E-state index in [1.54, 1.807) is 6.92 Å². The molecule has 0 radical (unpaired) electrons. The molecule has 184 valence electrons. The van der Waals surface area contributed by atoms with Crippen molar-refractivity contribution in [2.75, 3.05) is 13.2 Å². The molecule has 35 heavy (non-hydrogen) atoms. The van der Waals surface area contributed by atoms with Crippen molar-refractivity contribution in [1.29, 1.82) is 0 Å². The molecule has 0 bridgehead atoms. The minimum Gasteiger partial charge on any atom is -0.480 e. The Morgan fingerprint density at radius 2 is 1.60 bits per heavy atom. The van der Waals surface area contributed by atoms with Crippen LogP contribution < -0.4 is 5.32 Å². The zero-order valence-electron chi connectivity index (χ0n) is 20.2. The third-order valence-corrected chi connectivity index (χ3v) is 7.91. The monoisotopic (exact) mass is 476 g/mol. The van der Waals surface area contributed by atoms with Crippen molar-refractivity contribution in [1.82, 2.24) is 10.2 Å². The van der Waals surface area contributed by atoms with Gasteiger partial charge in [0, 0.05) is 12.5 Å². The van der Waals surface area contributed by atoms with Gasteiger partial charge in [-0.05, 0) is 66.7 Å². The molecule has 1 aliphatic heterocycles. The number of aliphatic carboxylic acids is 1.